The van der Waals surface area contributed by atoms with Crippen LogP contribution in [0, 0.1) is 19.8 Å². The molecule has 0 fully saturated rings. The maximum absolute atomic E-state index is 12.2. The third-order valence-electron chi connectivity index (χ3n) is 4.86. The Morgan fingerprint density at radius 3 is 2.88 bits per heavy atom. The van der Waals surface area contributed by atoms with Crippen LogP contribution in [0.25, 0.3) is 0 Å². The van der Waals surface area contributed by atoms with E-state index in [-0.39, 0.29) is 12.1 Å². The molecule has 128 valence electrons. The van der Waals surface area contributed by atoms with E-state index in [2.05, 4.69) is 40.9 Å². The number of hydrogen-bond donors (Lipinski definition) is 2. The van der Waals surface area contributed by atoms with Crippen molar-refractivity contribution >= 4 is 6.03 Å². The van der Waals surface area contributed by atoms with Crippen LogP contribution >= 0.6 is 0 Å². The van der Waals surface area contributed by atoms with Gasteiger partial charge in [0.2, 0.25) is 0 Å². The van der Waals surface area contributed by atoms with Crippen molar-refractivity contribution in [3.63, 3.8) is 0 Å². The van der Waals surface area contributed by atoms with E-state index in [1.807, 2.05) is 19.9 Å². The van der Waals surface area contributed by atoms with E-state index < -0.39 is 0 Å². The molecule has 1 aliphatic carbocycles. The summed E-state index contributed by atoms with van der Waals surface area (Å²) in [5.41, 5.74) is 4.67. The molecule has 2 N–H and O–H groups in total. The monoisotopic (exact) mass is 327 g/mol. The molecule has 5 nitrogen and oxygen atoms in total. The lowest BCUT2D eigenvalue weighted by atomic mass is 10.0. The number of benzene rings is 1. The first-order chi connectivity index (χ1) is 11.6. The largest absolute Gasteiger partial charge is 0.361 e. The van der Waals surface area contributed by atoms with E-state index in [9.17, 15) is 4.79 Å². The van der Waals surface area contributed by atoms with Gasteiger partial charge in [-0.05, 0) is 50.2 Å². The van der Waals surface area contributed by atoms with Crippen LogP contribution in [0.5, 0.6) is 0 Å². The van der Waals surface area contributed by atoms with Gasteiger partial charge in [0.15, 0.2) is 0 Å². The number of nitrogens with one attached hydrogen (secondary N) is 2. The molecule has 0 saturated heterocycles. The molecule has 2 atom stereocenters. The van der Waals surface area contributed by atoms with E-state index in [4.69, 9.17) is 4.52 Å². The Morgan fingerprint density at radius 1 is 1.33 bits per heavy atom. The Labute approximate surface area is 142 Å². The fourth-order valence-electron chi connectivity index (χ4n) is 3.53. The lowest BCUT2D eigenvalue weighted by Crippen LogP contribution is -2.39. The van der Waals surface area contributed by atoms with Crippen molar-refractivity contribution in [1.82, 2.24) is 15.8 Å². The summed E-state index contributed by atoms with van der Waals surface area (Å²) in [6, 6.07) is 8.36. The highest BCUT2D eigenvalue weighted by Gasteiger charge is 2.29. The number of aromatic nitrogens is 1. The van der Waals surface area contributed by atoms with Crippen LogP contribution < -0.4 is 10.6 Å². The van der Waals surface area contributed by atoms with E-state index in [1.165, 1.54) is 11.1 Å². The van der Waals surface area contributed by atoms with E-state index in [1.54, 1.807) is 0 Å². The number of amides is 2. The molecule has 0 unspecified atom stereocenters. The number of carbonyl (C=O) groups is 1. The van der Waals surface area contributed by atoms with Crippen molar-refractivity contribution in [3.8, 4) is 0 Å². The Kier molecular flexibility index (Phi) is 4.88. The van der Waals surface area contributed by atoms with E-state index >= 15 is 0 Å². The van der Waals surface area contributed by atoms with Crippen molar-refractivity contribution in [3.05, 3.63) is 52.4 Å². The molecule has 1 aromatic heterocycles. The summed E-state index contributed by atoms with van der Waals surface area (Å²) in [5.74, 6) is 1.30. The van der Waals surface area contributed by atoms with Gasteiger partial charge in [0.05, 0.1) is 11.7 Å². The molecule has 24 heavy (non-hydrogen) atoms. The van der Waals surface area contributed by atoms with Crippen molar-refractivity contribution in [2.24, 2.45) is 5.92 Å². The van der Waals surface area contributed by atoms with Crippen LogP contribution in [-0.4, -0.2) is 17.7 Å². The quantitative estimate of drug-likeness (QED) is 0.827. The van der Waals surface area contributed by atoms with Gasteiger partial charge in [0.25, 0.3) is 0 Å². The molecule has 0 aliphatic heterocycles. The maximum atomic E-state index is 12.2. The van der Waals surface area contributed by atoms with Crippen molar-refractivity contribution in [2.45, 2.75) is 46.1 Å². The highest BCUT2D eigenvalue weighted by Crippen LogP contribution is 2.35. The minimum atomic E-state index is -0.0951. The molecule has 0 spiro atoms. The normalized spacial score (nSPS) is 19.1. The lowest BCUT2D eigenvalue weighted by molar-refractivity contribution is 0.233. The summed E-state index contributed by atoms with van der Waals surface area (Å²) in [7, 11) is 0. The molecule has 3 rings (SSSR count). The summed E-state index contributed by atoms with van der Waals surface area (Å²) >= 11 is 0. The summed E-state index contributed by atoms with van der Waals surface area (Å²) in [5, 5.41) is 10.0. The molecule has 1 aliphatic rings. The summed E-state index contributed by atoms with van der Waals surface area (Å²) < 4.78 is 5.16. The Bertz CT molecular complexity index is 704. The van der Waals surface area contributed by atoms with Gasteiger partial charge in [-0.2, -0.15) is 0 Å². The Hall–Kier alpha value is -2.30. The van der Waals surface area contributed by atoms with Crippen LogP contribution in [0.15, 0.2) is 28.8 Å². The predicted octanol–water partition coefficient (Wildman–Crippen LogP) is 3.46. The summed E-state index contributed by atoms with van der Waals surface area (Å²) in [4.78, 5) is 12.2. The maximum Gasteiger partial charge on any atom is 0.315 e. The fourth-order valence-corrected chi connectivity index (χ4v) is 3.53. The molecule has 0 radical (unpaired) electrons. The molecule has 0 bridgehead atoms. The smallest absolute Gasteiger partial charge is 0.315 e. The molecule has 1 aromatic carbocycles. The number of carbonyl (C=O) groups excluding carboxylic acids is 1. The molecular formula is C19H25N3O2. The zero-order chi connectivity index (χ0) is 17.1. The molecule has 2 aromatic rings. The van der Waals surface area contributed by atoms with Gasteiger partial charge in [-0.1, -0.05) is 36.3 Å². The molecule has 5 heteroatoms. The van der Waals surface area contributed by atoms with Crippen molar-refractivity contribution in [1.29, 1.82) is 0 Å². The number of fused-ring (bicyclic) bond motifs is 1. The standard InChI is InChI=1S/C19H25N3O2/c1-12-11-15-7-4-5-8-17(15)18(12)21-19(23)20-10-6-9-16-13(2)22-24-14(16)3/h4-5,7-8,12,18H,6,9-11H2,1-3H3,(H2,20,21,23)/t12-,18-/m1/s1. The number of aryl methyl sites for hydroxylation is 2. The third kappa shape index (κ3) is 3.45. The number of hydrogen-bond acceptors (Lipinski definition) is 3. The van der Waals surface area contributed by atoms with Crippen molar-refractivity contribution in [2.75, 3.05) is 6.54 Å². The zero-order valence-corrected chi connectivity index (χ0v) is 14.6. The minimum absolute atomic E-state index is 0.0951. The van der Waals surface area contributed by atoms with Crippen LogP contribution in [0.1, 0.15) is 47.5 Å². The minimum Gasteiger partial charge on any atom is -0.361 e. The van der Waals surface area contributed by atoms with Gasteiger partial charge in [-0.3, -0.25) is 0 Å². The van der Waals surface area contributed by atoms with Gasteiger partial charge in [-0.25, -0.2) is 4.79 Å². The average Bonchev–Trinajstić information content (AvgIpc) is 3.05. The first kappa shape index (κ1) is 16.6. The second-order valence-electron chi connectivity index (χ2n) is 6.66. The highest BCUT2D eigenvalue weighted by atomic mass is 16.5. The number of urea groups is 1. The van der Waals surface area contributed by atoms with Crippen LogP contribution in [0.4, 0.5) is 4.79 Å². The Morgan fingerprint density at radius 2 is 2.12 bits per heavy atom. The van der Waals surface area contributed by atoms with Gasteiger partial charge >= 0.3 is 6.03 Å². The second kappa shape index (κ2) is 7.07. The van der Waals surface area contributed by atoms with Crippen molar-refractivity contribution < 1.29 is 9.32 Å². The summed E-state index contributed by atoms with van der Waals surface area (Å²) in [6.07, 6.45) is 2.75. The lowest BCUT2D eigenvalue weighted by Gasteiger charge is -2.19. The molecule has 1 heterocycles. The molecule has 0 saturated carbocycles. The SMILES string of the molecule is Cc1noc(C)c1CCCNC(=O)N[C@H]1c2ccccc2C[C@H]1C. The third-order valence-corrected chi connectivity index (χ3v) is 4.86. The Balaban J connectivity index is 1.47. The first-order valence-corrected chi connectivity index (χ1v) is 8.60. The van der Waals surface area contributed by atoms with Gasteiger partial charge in [0.1, 0.15) is 5.76 Å². The number of rotatable bonds is 5. The van der Waals surface area contributed by atoms with Crippen LogP contribution in [-0.2, 0) is 12.8 Å². The average molecular weight is 327 g/mol. The van der Waals surface area contributed by atoms with E-state index in [0.717, 1.165) is 36.3 Å². The predicted molar refractivity (Wildman–Crippen MR) is 92.9 cm³/mol. The zero-order valence-electron chi connectivity index (χ0n) is 14.6. The second-order valence-corrected chi connectivity index (χ2v) is 6.66. The van der Waals surface area contributed by atoms with Crippen LogP contribution in [0.3, 0.4) is 0 Å². The molecule has 2 amide bonds. The van der Waals surface area contributed by atoms with Gasteiger partial charge < -0.3 is 15.2 Å². The first-order valence-electron chi connectivity index (χ1n) is 8.60. The molecular weight excluding hydrogens is 302 g/mol. The summed E-state index contributed by atoms with van der Waals surface area (Å²) in [6.45, 7) is 6.69. The number of nitrogens with zero attached hydrogens (tertiary/aromatic N) is 1. The highest BCUT2D eigenvalue weighted by molar-refractivity contribution is 5.74. The van der Waals surface area contributed by atoms with Crippen LogP contribution in [0.2, 0.25) is 0 Å². The fraction of sp³-hybridized carbons (Fsp3) is 0.474. The van der Waals surface area contributed by atoms with E-state index in [0.29, 0.717) is 12.5 Å². The van der Waals surface area contributed by atoms with Gasteiger partial charge in [0, 0.05) is 12.1 Å². The topological polar surface area (TPSA) is 67.2 Å². The van der Waals surface area contributed by atoms with Gasteiger partial charge in [-0.15, -0.1) is 0 Å².